The first-order valence-corrected chi connectivity index (χ1v) is 7.59. The van der Waals surface area contributed by atoms with E-state index in [9.17, 15) is 19.7 Å². The Morgan fingerprint density at radius 2 is 1.88 bits per heavy atom. The van der Waals surface area contributed by atoms with Crippen LogP contribution in [0.2, 0.25) is 10.0 Å². The molecule has 3 rings (SSSR count). The number of nitro groups is 1. The number of halogens is 2. The third kappa shape index (κ3) is 3.47. The fourth-order valence-electron chi connectivity index (χ4n) is 2.17. The molecule has 1 N–H and O–H groups in total. The van der Waals surface area contributed by atoms with Gasteiger partial charge in [-0.1, -0.05) is 23.2 Å². The van der Waals surface area contributed by atoms with Crippen molar-refractivity contribution < 1.29 is 14.1 Å². The average molecular weight is 379 g/mol. The number of nitrogens with zero attached hydrogens (tertiary/aromatic N) is 1. The van der Waals surface area contributed by atoms with E-state index in [0.29, 0.717) is 5.02 Å². The minimum Gasteiger partial charge on any atom is -0.422 e. The van der Waals surface area contributed by atoms with E-state index in [1.807, 2.05) is 0 Å². The van der Waals surface area contributed by atoms with Crippen molar-refractivity contribution in [2.45, 2.75) is 0 Å². The van der Waals surface area contributed by atoms with E-state index in [0.717, 1.165) is 0 Å². The summed E-state index contributed by atoms with van der Waals surface area (Å²) in [6, 6.07) is 9.40. The molecule has 2 aromatic carbocycles. The van der Waals surface area contributed by atoms with Gasteiger partial charge in [-0.25, -0.2) is 4.79 Å². The van der Waals surface area contributed by atoms with Crippen LogP contribution < -0.4 is 10.9 Å². The molecular weight excluding hydrogens is 371 g/mol. The molecule has 0 aliphatic carbocycles. The molecule has 25 heavy (non-hydrogen) atoms. The number of hydrogen-bond acceptors (Lipinski definition) is 5. The van der Waals surface area contributed by atoms with Gasteiger partial charge in [0.15, 0.2) is 0 Å². The number of rotatable bonds is 3. The zero-order valence-corrected chi connectivity index (χ0v) is 13.8. The van der Waals surface area contributed by atoms with E-state index >= 15 is 0 Å². The van der Waals surface area contributed by atoms with E-state index in [-0.39, 0.29) is 32.9 Å². The summed E-state index contributed by atoms with van der Waals surface area (Å²) in [5, 5.41) is 14.1. The Morgan fingerprint density at radius 1 is 1.12 bits per heavy atom. The highest BCUT2D eigenvalue weighted by atomic mass is 35.5. The van der Waals surface area contributed by atoms with Crippen molar-refractivity contribution in [1.82, 2.24) is 0 Å². The third-order valence-corrected chi connectivity index (χ3v) is 3.91. The van der Waals surface area contributed by atoms with Crippen molar-refractivity contribution in [3.63, 3.8) is 0 Å². The second kappa shape index (κ2) is 6.54. The molecule has 0 spiro atoms. The molecule has 1 amide bonds. The zero-order valence-electron chi connectivity index (χ0n) is 12.3. The molecule has 0 aliphatic rings. The summed E-state index contributed by atoms with van der Waals surface area (Å²) in [7, 11) is 0. The fourth-order valence-corrected chi connectivity index (χ4v) is 2.50. The third-order valence-electron chi connectivity index (χ3n) is 3.35. The summed E-state index contributed by atoms with van der Waals surface area (Å²) in [5.41, 5.74) is -1.03. The molecule has 0 aliphatic heterocycles. The normalized spacial score (nSPS) is 10.6. The molecule has 0 atom stereocenters. The Hall–Kier alpha value is -2.90. The van der Waals surface area contributed by atoms with E-state index in [2.05, 4.69) is 5.32 Å². The number of hydrogen-bond donors (Lipinski definition) is 1. The van der Waals surface area contributed by atoms with Crippen LogP contribution in [0, 0.1) is 10.1 Å². The molecule has 0 unspecified atom stereocenters. The van der Waals surface area contributed by atoms with Crippen molar-refractivity contribution >= 4 is 51.5 Å². The number of carbonyl (C=O) groups excluding carboxylic acids is 1. The summed E-state index contributed by atoms with van der Waals surface area (Å²) in [6.45, 7) is 0. The Bertz CT molecular complexity index is 1080. The Morgan fingerprint density at radius 3 is 2.60 bits per heavy atom. The molecule has 0 fully saturated rings. The molecule has 9 heteroatoms. The average Bonchev–Trinajstić information content (AvgIpc) is 2.57. The molecule has 126 valence electrons. The van der Waals surface area contributed by atoms with Crippen LogP contribution in [-0.4, -0.2) is 10.8 Å². The van der Waals surface area contributed by atoms with Gasteiger partial charge in [-0.15, -0.1) is 0 Å². The van der Waals surface area contributed by atoms with Gasteiger partial charge in [0.2, 0.25) is 0 Å². The van der Waals surface area contributed by atoms with Gasteiger partial charge in [-0.05, 0) is 30.3 Å². The number of amides is 1. The number of carbonyl (C=O) groups is 1. The number of non-ortho nitro benzene ring substituents is 1. The minimum atomic E-state index is -0.878. The van der Waals surface area contributed by atoms with Crippen molar-refractivity contribution in [1.29, 1.82) is 0 Å². The zero-order chi connectivity index (χ0) is 18.1. The van der Waals surface area contributed by atoms with Gasteiger partial charge < -0.3 is 9.73 Å². The highest BCUT2D eigenvalue weighted by Gasteiger charge is 2.17. The summed E-state index contributed by atoms with van der Waals surface area (Å²) in [5.74, 6) is -0.772. The van der Waals surface area contributed by atoms with E-state index in [1.165, 1.54) is 36.4 Å². The van der Waals surface area contributed by atoms with Gasteiger partial charge in [0.25, 0.3) is 11.6 Å². The number of nitro benzene ring substituents is 1. The van der Waals surface area contributed by atoms with Gasteiger partial charge >= 0.3 is 5.63 Å². The van der Waals surface area contributed by atoms with Gasteiger partial charge in [-0.3, -0.25) is 14.9 Å². The highest BCUT2D eigenvalue weighted by Crippen LogP contribution is 2.26. The Balaban J connectivity index is 2.03. The van der Waals surface area contributed by atoms with E-state index in [1.54, 1.807) is 6.07 Å². The van der Waals surface area contributed by atoms with Crippen molar-refractivity contribution in [3.8, 4) is 0 Å². The van der Waals surface area contributed by atoms with Gasteiger partial charge in [0.05, 0.1) is 15.6 Å². The lowest BCUT2D eigenvalue weighted by molar-refractivity contribution is -0.384. The van der Waals surface area contributed by atoms with Crippen LogP contribution >= 0.6 is 23.2 Å². The standard InChI is InChI=1S/C16H8Cl2N2O5/c17-9-1-3-12(18)13(7-9)19-15(21)11-6-8-5-10(20(23)24)2-4-14(8)25-16(11)22/h1-7H,(H,19,21). The highest BCUT2D eigenvalue weighted by molar-refractivity contribution is 6.35. The molecule has 0 bridgehead atoms. The molecule has 1 aromatic heterocycles. The van der Waals surface area contributed by atoms with E-state index in [4.69, 9.17) is 27.6 Å². The quantitative estimate of drug-likeness (QED) is 0.416. The lowest BCUT2D eigenvalue weighted by atomic mass is 10.1. The summed E-state index contributed by atoms with van der Waals surface area (Å²) in [6.07, 6.45) is 0. The first-order valence-electron chi connectivity index (χ1n) is 6.84. The summed E-state index contributed by atoms with van der Waals surface area (Å²) < 4.78 is 5.04. The summed E-state index contributed by atoms with van der Waals surface area (Å²) in [4.78, 5) is 34.6. The maximum Gasteiger partial charge on any atom is 0.349 e. The lowest BCUT2D eigenvalue weighted by Crippen LogP contribution is -2.20. The van der Waals surface area contributed by atoms with Crippen LogP contribution in [0.3, 0.4) is 0 Å². The molecule has 0 saturated carbocycles. The molecule has 0 saturated heterocycles. The second-order valence-electron chi connectivity index (χ2n) is 5.01. The van der Waals surface area contributed by atoms with Crippen LogP contribution in [-0.2, 0) is 0 Å². The number of benzene rings is 2. The largest absolute Gasteiger partial charge is 0.422 e. The first-order chi connectivity index (χ1) is 11.8. The Kier molecular flexibility index (Phi) is 4.43. The van der Waals surface area contributed by atoms with Crippen molar-refractivity contribution in [3.05, 3.63) is 78.6 Å². The maximum absolute atomic E-state index is 12.4. The van der Waals surface area contributed by atoms with Crippen LogP contribution in [0.15, 0.2) is 51.7 Å². The molecule has 3 aromatic rings. The van der Waals surface area contributed by atoms with Crippen LogP contribution in [0.4, 0.5) is 11.4 Å². The van der Waals surface area contributed by atoms with Gasteiger partial charge in [-0.2, -0.15) is 0 Å². The minimum absolute atomic E-state index is 0.132. The van der Waals surface area contributed by atoms with Crippen molar-refractivity contribution in [2.75, 3.05) is 5.32 Å². The smallest absolute Gasteiger partial charge is 0.349 e. The maximum atomic E-state index is 12.4. The second-order valence-corrected chi connectivity index (χ2v) is 5.85. The van der Waals surface area contributed by atoms with Crippen LogP contribution in [0.5, 0.6) is 0 Å². The lowest BCUT2D eigenvalue weighted by Gasteiger charge is -2.07. The molecule has 7 nitrogen and oxygen atoms in total. The van der Waals surface area contributed by atoms with Crippen LogP contribution in [0.1, 0.15) is 10.4 Å². The molecule has 1 heterocycles. The SMILES string of the molecule is O=C(Nc1cc(Cl)ccc1Cl)c1cc2cc([N+](=O)[O-])ccc2oc1=O. The fraction of sp³-hybridized carbons (Fsp3) is 0. The predicted octanol–water partition coefficient (Wildman–Crippen LogP) is 4.26. The first kappa shape index (κ1) is 16.9. The van der Waals surface area contributed by atoms with Crippen LogP contribution in [0.25, 0.3) is 11.0 Å². The van der Waals surface area contributed by atoms with Crippen molar-refractivity contribution in [2.24, 2.45) is 0 Å². The Labute approximate surface area is 149 Å². The topological polar surface area (TPSA) is 102 Å². The molecule has 0 radical (unpaired) electrons. The van der Waals surface area contributed by atoms with Gasteiger partial charge in [0, 0.05) is 22.5 Å². The molecular formula is C16H8Cl2N2O5. The number of fused-ring (bicyclic) bond motifs is 1. The number of anilines is 1. The predicted molar refractivity (Wildman–Crippen MR) is 93.6 cm³/mol. The monoisotopic (exact) mass is 378 g/mol. The number of nitrogens with one attached hydrogen (secondary N) is 1. The summed E-state index contributed by atoms with van der Waals surface area (Å²) >= 11 is 11.8. The van der Waals surface area contributed by atoms with E-state index < -0.39 is 16.5 Å². The van der Waals surface area contributed by atoms with Gasteiger partial charge in [0.1, 0.15) is 11.1 Å².